The highest BCUT2D eigenvalue weighted by molar-refractivity contribution is 14.1. The fourth-order valence-electron chi connectivity index (χ4n) is 4.65. The van der Waals surface area contributed by atoms with E-state index in [9.17, 15) is 4.79 Å². The Labute approximate surface area is 189 Å². The highest BCUT2D eigenvalue weighted by Gasteiger charge is 2.33. The molecule has 0 N–H and O–H groups in total. The molecule has 1 amide bonds. The number of methoxy groups -OCH3 is 1. The molecule has 1 fully saturated rings. The largest absolute Gasteiger partial charge is 0.493 e. The minimum Gasteiger partial charge on any atom is -0.493 e. The number of hydrogen-bond acceptors (Lipinski definition) is 3. The van der Waals surface area contributed by atoms with Crippen molar-refractivity contribution in [2.45, 2.75) is 32.2 Å². The Morgan fingerprint density at radius 3 is 2.77 bits per heavy atom. The molecule has 1 aliphatic heterocycles. The van der Waals surface area contributed by atoms with Gasteiger partial charge in [0.1, 0.15) is 5.42 Å². The number of carbonyl (C=O) groups excluding carboxylic acids is 1. The molecule has 2 atom stereocenters. The van der Waals surface area contributed by atoms with Gasteiger partial charge in [-0.2, -0.15) is 0 Å². The molecule has 4 nitrogen and oxygen atoms in total. The minimum absolute atomic E-state index is 0.155. The molecule has 5 rings (SSSR count). The first-order valence-electron chi connectivity index (χ1n) is 10.4. The second-order valence-electron chi connectivity index (χ2n) is 8.33. The van der Waals surface area contributed by atoms with Gasteiger partial charge in [0.15, 0.2) is 11.3 Å². The summed E-state index contributed by atoms with van der Waals surface area (Å²) in [7, 11) is 1.67. The first-order chi connectivity index (χ1) is 14.5. The van der Waals surface area contributed by atoms with Crippen LogP contribution in [-0.4, -0.2) is 24.5 Å². The van der Waals surface area contributed by atoms with Crippen molar-refractivity contribution < 1.29 is 13.9 Å². The van der Waals surface area contributed by atoms with Crippen LogP contribution in [0.4, 0.5) is 0 Å². The van der Waals surface area contributed by atoms with Crippen LogP contribution in [0, 0.1) is 9.49 Å². The molecule has 5 heteroatoms. The number of rotatable bonds is 4. The van der Waals surface area contributed by atoms with Gasteiger partial charge in [-0.15, -0.1) is 0 Å². The highest BCUT2D eigenvalue weighted by Crippen LogP contribution is 2.36. The first-order valence-corrected chi connectivity index (χ1v) is 11.4. The van der Waals surface area contributed by atoms with Crippen LogP contribution >= 0.6 is 22.6 Å². The van der Waals surface area contributed by atoms with Crippen LogP contribution < -0.4 is 15.4 Å². The van der Waals surface area contributed by atoms with Crippen molar-refractivity contribution in [3.05, 3.63) is 61.7 Å². The lowest BCUT2D eigenvalue weighted by Crippen LogP contribution is -2.26. The molecule has 1 aliphatic carbocycles. The predicted octanol–water partition coefficient (Wildman–Crippen LogP) is 4.16. The smallest absolute Gasteiger partial charge is 0.223 e. The zero-order chi connectivity index (χ0) is 20.8. The molecular formula is C25H24INO3. The van der Waals surface area contributed by atoms with E-state index in [1.54, 1.807) is 7.11 Å². The summed E-state index contributed by atoms with van der Waals surface area (Å²) in [6.45, 7) is 3.61. The Kier molecular flexibility index (Phi) is 5.09. The van der Waals surface area contributed by atoms with Gasteiger partial charge in [0.2, 0.25) is 5.91 Å². The van der Waals surface area contributed by atoms with Gasteiger partial charge in [-0.25, -0.2) is 0 Å². The number of nitrogens with zero attached hydrogens (tertiary/aromatic N) is 1. The van der Waals surface area contributed by atoms with Crippen LogP contribution in [0.5, 0.6) is 5.75 Å². The molecule has 2 heterocycles. The molecule has 2 aliphatic rings. The monoisotopic (exact) mass is 513 g/mol. The van der Waals surface area contributed by atoms with Crippen molar-refractivity contribution in [1.29, 1.82) is 0 Å². The molecule has 1 aromatic heterocycles. The Bertz CT molecular complexity index is 1240. The number of halogens is 1. The fourth-order valence-corrected chi connectivity index (χ4v) is 5.01. The van der Waals surface area contributed by atoms with E-state index in [4.69, 9.17) is 9.15 Å². The maximum Gasteiger partial charge on any atom is 0.223 e. The third kappa shape index (κ3) is 3.43. The molecule has 1 saturated heterocycles. The quantitative estimate of drug-likeness (QED) is 0.493. The van der Waals surface area contributed by atoms with E-state index in [1.807, 2.05) is 11.0 Å². The van der Waals surface area contributed by atoms with Crippen molar-refractivity contribution in [3.63, 3.8) is 0 Å². The number of benzene rings is 2. The van der Waals surface area contributed by atoms with Crippen molar-refractivity contribution in [2.24, 2.45) is 5.92 Å². The van der Waals surface area contributed by atoms with Gasteiger partial charge in [-0.3, -0.25) is 4.79 Å². The summed E-state index contributed by atoms with van der Waals surface area (Å²) in [5, 5.41) is 2.27. The Hall–Kier alpha value is -2.28. The number of hydrogen-bond donors (Lipinski definition) is 0. The third-order valence-corrected chi connectivity index (χ3v) is 6.91. The number of amides is 1. The van der Waals surface area contributed by atoms with Crippen LogP contribution in [0.3, 0.4) is 0 Å². The standard InChI is InChI=1S/C25H24INO3/c1-15-3-9-21-20(11-15)24-19(8-10-22(29-2)25(24)30-21)17-12-23(28)27(14-17)13-16-4-6-18(26)7-5-16/h4-11,15,17H,3,12-14H2,1-2H3. The lowest BCUT2D eigenvalue weighted by atomic mass is 9.92. The van der Waals surface area contributed by atoms with E-state index in [0.29, 0.717) is 18.9 Å². The topological polar surface area (TPSA) is 42.7 Å². The summed E-state index contributed by atoms with van der Waals surface area (Å²) in [6, 6.07) is 12.5. The van der Waals surface area contributed by atoms with Crippen molar-refractivity contribution in [3.8, 4) is 5.75 Å². The van der Waals surface area contributed by atoms with E-state index in [0.717, 1.165) is 40.3 Å². The van der Waals surface area contributed by atoms with E-state index < -0.39 is 0 Å². The number of ether oxygens (including phenoxy) is 1. The zero-order valence-electron chi connectivity index (χ0n) is 17.2. The van der Waals surface area contributed by atoms with E-state index >= 15 is 0 Å². The van der Waals surface area contributed by atoms with Crippen LogP contribution in [0.1, 0.15) is 36.8 Å². The van der Waals surface area contributed by atoms with Crippen molar-refractivity contribution in [2.75, 3.05) is 13.7 Å². The van der Waals surface area contributed by atoms with Crippen LogP contribution in [0.15, 0.2) is 40.8 Å². The van der Waals surface area contributed by atoms with Gasteiger partial charge in [0, 0.05) is 39.6 Å². The van der Waals surface area contributed by atoms with Crippen molar-refractivity contribution in [1.82, 2.24) is 4.90 Å². The molecular weight excluding hydrogens is 489 g/mol. The van der Waals surface area contributed by atoms with Crippen LogP contribution in [-0.2, 0) is 11.3 Å². The van der Waals surface area contributed by atoms with Crippen LogP contribution in [0.25, 0.3) is 23.1 Å². The molecule has 2 unspecified atom stereocenters. The maximum atomic E-state index is 12.8. The normalized spacial score (nSPS) is 20.8. The summed E-state index contributed by atoms with van der Waals surface area (Å²) < 4.78 is 13.0. The molecule has 3 aromatic rings. The Morgan fingerprint density at radius 1 is 1.20 bits per heavy atom. The average molecular weight is 513 g/mol. The Morgan fingerprint density at radius 2 is 2.00 bits per heavy atom. The maximum absolute atomic E-state index is 12.8. The van der Waals surface area contributed by atoms with Gasteiger partial charge in [-0.05, 0) is 70.3 Å². The van der Waals surface area contributed by atoms with Gasteiger partial charge in [-0.1, -0.05) is 31.2 Å². The second kappa shape index (κ2) is 7.76. The van der Waals surface area contributed by atoms with E-state index in [1.165, 1.54) is 14.7 Å². The predicted molar refractivity (Wildman–Crippen MR) is 127 cm³/mol. The highest BCUT2D eigenvalue weighted by atomic mass is 127. The summed E-state index contributed by atoms with van der Waals surface area (Å²) in [4.78, 5) is 14.8. The minimum atomic E-state index is 0.155. The summed E-state index contributed by atoms with van der Waals surface area (Å²) in [6.07, 6.45) is 5.98. The van der Waals surface area contributed by atoms with Crippen LogP contribution in [0.2, 0.25) is 0 Å². The summed E-state index contributed by atoms with van der Waals surface area (Å²) in [5.41, 5.74) is 4.08. The molecule has 0 bridgehead atoms. The van der Waals surface area contributed by atoms with Gasteiger partial charge >= 0.3 is 0 Å². The average Bonchev–Trinajstić information content (AvgIpc) is 3.29. The third-order valence-electron chi connectivity index (χ3n) is 6.19. The second-order valence-corrected chi connectivity index (χ2v) is 9.57. The van der Waals surface area contributed by atoms with E-state index in [2.05, 4.69) is 72.0 Å². The fraction of sp³-hybridized carbons (Fsp3) is 0.320. The van der Waals surface area contributed by atoms with E-state index in [-0.39, 0.29) is 11.8 Å². The molecule has 154 valence electrons. The number of fused-ring (bicyclic) bond motifs is 3. The van der Waals surface area contributed by atoms with Crippen molar-refractivity contribution >= 4 is 51.6 Å². The molecule has 2 aromatic carbocycles. The molecule has 30 heavy (non-hydrogen) atoms. The number of furan rings is 1. The lowest BCUT2D eigenvalue weighted by Gasteiger charge is -2.17. The first kappa shape index (κ1) is 19.7. The SMILES string of the molecule is COc1ccc(C2CC(=O)N(Cc3ccc(I)cc3)C2)c2c3c(oc12)=CCC(C)C=3. The number of carbonyl (C=O) groups is 1. The molecule has 0 radical (unpaired) electrons. The van der Waals surface area contributed by atoms with Gasteiger partial charge in [0.25, 0.3) is 0 Å². The number of likely N-dealkylation sites (tertiary alicyclic amines) is 1. The summed E-state index contributed by atoms with van der Waals surface area (Å²) >= 11 is 2.30. The lowest BCUT2D eigenvalue weighted by molar-refractivity contribution is -0.128. The zero-order valence-corrected chi connectivity index (χ0v) is 19.3. The summed E-state index contributed by atoms with van der Waals surface area (Å²) in [5.74, 6) is 1.59. The Balaban J connectivity index is 1.54. The van der Waals surface area contributed by atoms with Gasteiger partial charge < -0.3 is 14.1 Å². The molecule has 0 saturated carbocycles. The molecule has 0 spiro atoms. The van der Waals surface area contributed by atoms with Gasteiger partial charge in [0.05, 0.1) is 7.11 Å².